The summed E-state index contributed by atoms with van der Waals surface area (Å²) in [6, 6.07) is 11.6. The van der Waals surface area contributed by atoms with Crippen molar-refractivity contribution in [2.24, 2.45) is 5.73 Å². The minimum absolute atomic E-state index is 0.0245. The van der Waals surface area contributed by atoms with Gasteiger partial charge in [-0.2, -0.15) is 5.10 Å². The maximum Gasteiger partial charge on any atom is 0.231 e. The molecule has 0 atom stereocenters. The number of aromatic nitrogens is 5. The number of rotatable bonds is 5. The number of nitrogens with zero attached hydrogens (tertiary/aromatic N) is 4. The van der Waals surface area contributed by atoms with Crippen LogP contribution in [0.25, 0.3) is 16.7 Å². The van der Waals surface area contributed by atoms with Crippen LogP contribution in [0.3, 0.4) is 0 Å². The highest BCUT2D eigenvalue weighted by Gasteiger charge is 2.18. The second kappa shape index (κ2) is 6.62. The summed E-state index contributed by atoms with van der Waals surface area (Å²) >= 11 is 0. The second-order valence-electron chi connectivity index (χ2n) is 6.89. The van der Waals surface area contributed by atoms with E-state index in [4.69, 9.17) is 15.2 Å². The fraction of sp³-hybridized carbons (Fsp3) is 0.200. The van der Waals surface area contributed by atoms with Gasteiger partial charge in [-0.1, -0.05) is 6.07 Å². The molecule has 146 valence electrons. The number of fused-ring (bicyclic) bond motifs is 2. The second-order valence-corrected chi connectivity index (χ2v) is 6.89. The van der Waals surface area contributed by atoms with Gasteiger partial charge in [-0.15, -0.1) is 0 Å². The molecule has 0 saturated carbocycles. The quantitative estimate of drug-likeness (QED) is 0.536. The van der Waals surface area contributed by atoms with Crippen molar-refractivity contribution in [2.45, 2.75) is 19.8 Å². The number of carbonyl (C=O) groups is 1. The Bertz CT molecular complexity index is 1240. The zero-order valence-corrected chi connectivity index (χ0v) is 15.7. The van der Waals surface area contributed by atoms with Crippen LogP contribution in [0.1, 0.15) is 23.0 Å². The van der Waals surface area contributed by atoms with Crippen molar-refractivity contribution in [2.75, 3.05) is 6.79 Å². The van der Waals surface area contributed by atoms with Gasteiger partial charge >= 0.3 is 0 Å². The van der Waals surface area contributed by atoms with E-state index in [2.05, 4.69) is 20.1 Å². The van der Waals surface area contributed by atoms with E-state index in [-0.39, 0.29) is 13.2 Å². The zero-order valence-electron chi connectivity index (χ0n) is 15.7. The van der Waals surface area contributed by atoms with Gasteiger partial charge in [0.1, 0.15) is 11.6 Å². The summed E-state index contributed by atoms with van der Waals surface area (Å²) in [5.41, 5.74) is 9.03. The van der Waals surface area contributed by atoms with Gasteiger partial charge in [0.15, 0.2) is 17.3 Å². The van der Waals surface area contributed by atoms with E-state index in [1.54, 1.807) is 4.68 Å². The molecule has 0 aliphatic carbocycles. The molecule has 5 rings (SSSR count). The molecule has 0 saturated heterocycles. The number of hydrogen-bond donors (Lipinski definition) is 2. The minimum atomic E-state index is -0.478. The van der Waals surface area contributed by atoms with Gasteiger partial charge in [0.2, 0.25) is 12.7 Å². The Morgan fingerprint density at radius 2 is 2.03 bits per heavy atom. The average molecular weight is 390 g/mol. The summed E-state index contributed by atoms with van der Waals surface area (Å²) in [5.74, 6) is 2.79. The first kappa shape index (κ1) is 17.2. The maximum atomic E-state index is 11.4. The molecule has 0 radical (unpaired) electrons. The molecule has 1 amide bonds. The fourth-order valence-corrected chi connectivity index (χ4v) is 3.44. The van der Waals surface area contributed by atoms with E-state index in [9.17, 15) is 4.79 Å². The number of imidazole rings is 1. The van der Waals surface area contributed by atoms with E-state index in [0.717, 1.165) is 28.1 Å². The van der Waals surface area contributed by atoms with Crippen molar-refractivity contribution in [1.82, 2.24) is 24.7 Å². The third-order valence-electron chi connectivity index (χ3n) is 4.68. The van der Waals surface area contributed by atoms with Gasteiger partial charge in [-0.05, 0) is 36.8 Å². The molecule has 3 N–H and O–H groups in total. The summed E-state index contributed by atoms with van der Waals surface area (Å²) in [6.45, 7) is 2.12. The Balaban J connectivity index is 1.54. The number of hydrogen-bond acceptors (Lipinski definition) is 6. The van der Waals surface area contributed by atoms with Gasteiger partial charge in [0, 0.05) is 12.5 Å². The van der Waals surface area contributed by atoms with Crippen LogP contribution in [0.5, 0.6) is 11.5 Å². The number of primary amides is 1. The average Bonchev–Trinajstić information content (AvgIpc) is 3.37. The molecule has 0 fully saturated rings. The van der Waals surface area contributed by atoms with Crippen molar-refractivity contribution in [3.63, 3.8) is 0 Å². The van der Waals surface area contributed by atoms with Gasteiger partial charge in [0.05, 0.1) is 23.1 Å². The standard InChI is InChI=1S/C20H18N6O3/c1-11-22-14-4-2-12(6-15(14)23-11)7-20-24-19(9-18(21)27)25-26(20)13-3-5-16-17(8-13)29-10-28-16/h2-6,8H,7,9-10H2,1H3,(H2,21,27)(H,22,23). The van der Waals surface area contributed by atoms with Crippen LogP contribution in [-0.2, 0) is 17.6 Å². The molecule has 0 unspecified atom stereocenters. The van der Waals surface area contributed by atoms with Crippen molar-refractivity contribution in [3.05, 3.63) is 59.4 Å². The molecule has 4 aromatic rings. The minimum Gasteiger partial charge on any atom is -0.454 e. The Hall–Kier alpha value is -3.88. The highest BCUT2D eigenvalue weighted by molar-refractivity contribution is 5.76. The Labute approximate surface area is 165 Å². The molecule has 1 aliphatic heterocycles. The summed E-state index contributed by atoms with van der Waals surface area (Å²) in [5, 5.41) is 4.50. The van der Waals surface area contributed by atoms with E-state index in [1.165, 1.54) is 0 Å². The molecule has 0 bridgehead atoms. The predicted molar refractivity (Wildman–Crippen MR) is 104 cm³/mol. The lowest BCUT2D eigenvalue weighted by atomic mass is 10.1. The molecule has 2 aromatic heterocycles. The number of aromatic amines is 1. The van der Waals surface area contributed by atoms with Gasteiger partial charge in [-0.3, -0.25) is 4.79 Å². The lowest BCUT2D eigenvalue weighted by molar-refractivity contribution is -0.117. The van der Waals surface area contributed by atoms with E-state index < -0.39 is 5.91 Å². The Morgan fingerprint density at radius 3 is 2.90 bits per heavy atom. The molecule has 29 heavy (non-hydrogen) atoms. The molecule has 9 nitrogen and oxygen atoms in total. The van der Waals surface area contributed by atoms with Crippen LogP contribution in [0, 0.1) is 6.92 Å². The van der Waals surface area contributed by atoms with Crippen molar-refractivity contribution >= 4 is 16.9 Å². The number of amides is 1. The smallest absolute Gasteiger partial charge is 0.231 e. The number of nitrogens with one attached hydrogen (secondary N) is 1. The van der Waals surface area contributed by atoms with Crippen LogP contribution < -0.4 is 15.2 Å². The molecular weight excluding hydrogens is 372 g/mol. The normalized spacial score (nSPS) is 12.6. The van der Waals surface area contributed by atoms with E-state index >= 15 is 0 Å². The number of benzene rings is 2. The largest absolute Gasteiger partial charge is 0.454 e. The lowest BCUT2D eigenvalue weighted by Crippen LogP contribution is -2.14. The van der Waals surface area contributed by atoms with E-state index in [0.29, 0.717) is 29.6 Å². The number of nitrogens with two attached hydrogens (primary N) is 1. The Morgan fingerprint density at radius 1 is 1.17 bits per heavy atom. The highest BCUT2D eigenvalue weighted by atomic mass is 16.7. The van der Waals surface area contributed by atoms with Crippen molar-refractivity contribution < 1.29 is 14.3 Å². The fourth-order valence-electron chi connectivity index (χ4n) is 3.44. The molecule has 3 heterocycles. The molecule has 9 heteroatoms. The van der Waals surface area contributed by atoms with Crippen LogP contribution in [0.4, 0.5) is 0 Å². The first-order valence-corrected chi connectivity index (χ1v) is 9.13. The number of H-pyrrole nitrogens is 1. The van der Waals surface area contributed by atoms with Crippen LogP contribution >= 0.6 is 0 Å². The number of carbonyl (C=O) groups excluding carboxylic acids is 1. The van der Waals surface area contributed by atoms with Crippen LogP contribution in [0.15, 0.2) is 36.4 Å². The van der Waals surface area contributed by atoms with Crippen LogP contribution in [0.2, 0.25) is 0 Å². The summed E-state index contributed by atoms with van der Waals surface area (Å²) in [4.78, 5) is 23.6. The van der Waals surface area contributed by atoms with Gasteiger partial charge in [0.25, 0.3) is 0 Å². The Kier molecular flexibility index (Phi) is 3.94. The first-order chi connectivity index (χ1) is 14.0. The molecule has 2 aromatic carbocycles. The maximum absolute atomic E-state index is 11.4. The van der Waals surface area contributed by atoms with Gasteiger partial charge in [-0.25, -0.2) is 14.6 Å². The van der Waals surface area contributed by atoms with Crippen molar-refractivity contribution in [3.8, 4) is 17.2 Å². The first-order valence-electron chi connectivity index (χ1n) is 9.13. The van der Waals surface area contributed by atoms with E-state index in [1.807, 2.05) is 43.3 Å². The predicted octanol–water partition coefficient (Wildman–Crippen LogP) is 1.80. The third-order valence-corrected chi connectivity index (χ3v) is 4.68. The third kappa shape index (κ3) is 3.27. The summed E-state index contributed by atoms with van der Waals surface area (Å²) in [7, 11) is 0. The van der Waals surface area contributed by atoms with Crippen LogP contribution in [-0.4, -0.2) is 37.4 Å². The SMILES string of the molecule is Cc1nc2ccc(Cc3nc(CC(N)=O)nn3-c3ccc4c(c3)OCO4)cc2[nH]1. The highest BCUT2D eigenvalue weighted by Crippen LogP contribution is 2.34. The number of ether oxygens (including phenoxy) is 2. The zero-order chi connectivity index (χ0) is 20.0. The monoisotopic (exact) mass is 390 g/mol. The summed E-state index contributed by atoms with van der Waals surface area (Å²) < 4.78 is 12.6. The van der Waals surface area contributed by atoms with Crippen molar-refractivity contribution in [1.29, 1.82) is 0 Å². The van der Waals surface area contributed by atoms with Gasteiger partial charge < -0.3 is 20.2 Å². The molecular formula is C20H18N6O3. The summed E-state index contributed by atoms with van der Waals surface area (Å²) in [6.07, 6.45) is 0.498. The lowest BCUT2D eigenvalue weighted by Gasteiger charge is -2.07. The number of aryl methyl sites for hydroxylation is 1. The molecule has 1 aliphatic rings. The molecule has 0 spiro atoms. The topological polar surface area (TPSA) is 121 Å².